The quantitative estimate of drug-likeness (QED) is 0.674. The van der Waals surface area contributed by atoms with Crippen LogP contribution < -0.4 is 3.78 Å². The van der Waals surface area contributed by atoms with Crippen LogP contribution in [-0.4, -0.2) is 16.0 Å². The molecule has 0 spiro atoms. The monoisotopic (exact) mass is 246 g/mol. The van der Waals surface area contributed by atoms with Gasteiger partial charge in [-0.05, 0) is 0 Å². The van der Waals surface area contributed by atoms with E-state index in [0.29, 0.717) is 0 Å². The second kappa shape index (κ2) is 3.11. The average molecular weight is 245 g/mol. The molecule has 0 aromatic carbocycles. The van der Waals surface area contributed by atoms with Crippen LogP contribution in [0.15, 0.2) is 29.6 Å². The molecule has 11 heavy (non-hydrogen) atoms. The van der Waals surface area contributed by atoms with Crippen LogP contribution in [-0.2, 0) is 0 Å². The van der Waals surface area contributed by atoms with Crippen molar-refractivity contribution in [2.45, 2.75) is 0 Å². The van der Waals surface area contributed by atoms with E-state index < -0.39 is 0 Å². The van der Waals surface area contributed by atoms with Gasteiger partial charge in [-0.15, -0.1) is 0 Å². The third-order valence-electron chi connectivity index (χ3n) is 1.36. The van der Waals surface area contributed by atoms with Crippen LogP contribution in [0.2, 0.25) is 0 Å². The van der Waals surface area contributed by atoms with Gasteiger partial charge in [-0.3, -0.25) is 0 Å². The summed E-state index contributed by atoms with van der Waals surface area (Å²) in [5, 5.41) is 2.11. The first kappa shape index (κ1) is 7.56. The van der Waals surface area contributed by atoms with Crippen molar-refractivity contribution < 1.29 is 0 Å². The van der Waals surface area contributed by atoms with Crippen LogP contribution >= 0.6 is 22.7 Å². The Balaban J connectivity index is 2.45. The predicted molar refractivity (Wildman–Crippen MR) is 54.4 cm³/mol. The van der Waals surface area contributed by atoms with E-state index in [1.165, 1.54) is 13.5 Å². The van der Waals surface area contributed by atoms with Gasteiger partial charge in [0.25, 0.3) is 0 Å². The first-order valence-corrected chi connectivity index (χ1v) is 5.82. The fourth-order valence-electron chi connectivity index (χ4n) is 0.879. The molecule has 0 amide bonds. The molecule has 2 rings (SSSR count). The van der Waals surface area contributed by atoms with Gasteiger partial charge >= 0.3 is 81.9 Å². The zero-order chi connectivity index (χ0) is 7.68. The molecule has 0 aliphatic rings. The molecule has 0 aliphatic carbocycles. The Morgan fingerprint density at radius 2 is 2.00 bits per heavy atom. The molecule has 0 radical (unpaired) electrons. The molecule has 0 saturated carbocycles. The second-order valence-electron chi connectivity index (χ2n) is 2.12. The summed E-state index contributed by atoms with van der Waals surface area (Å²) in [6.45, 7) is 0. The summed E-state index contributed by atoms with van der Waals surface area (Å²) in [5.41, 5.74) is 0. The molecule has 3 heteroatoms. The van der Waals surface area contributed by atoms with Crippen molar-refractivity contribution in [3.05, 3.63) is 29.6 Å². The van der Waals surface area contributed by atoms with Crippen LogP contribution in [0.1, 0.15) is 0 Å². The van der Waals surface area contributed by atoms with Crippen molar-refractivity contribution in [2.24, 2.45) is 0 Å². The Kier molecular flexibility index (Phi) is 2.14. The topological polar surface area (TPSA) is 0 Å². The molecule has 0 fully saturated rings. The first-order chi connectivity index (χ1) is 5.36. The summed E-state index contributed by atoms with van der Waals surface area (Å²) in [5.74, 6) is 0. The van der Waals surface area contributed by atoms with Crippen molar-refractivity contribution in [3.8, 4) is 9.75 Å². The van der Waals surface area contributed by atoms with Gasteiger partial charge in [0.2, 0.25) is 0 Å². The van der Waals surface area contributed by atoms with E-state index in [1.807, 2.05) is 11.3 Å². The fraction of sp³-hybridized carbons (Fsp3) is 0. The zero-order valence-corrected chi connectivity index (χ0v) is 9.16. The molecule has 2 aromatic heterocycles. The number of hydrogen-bond donors (Lipinski definition) is 0. The van der Waals surface area contributed by atoms with Crippen LogP contribution in [0.25, 0.3) is 9.75 Å². The van der Waals surface area contributed by atoms with Gasteiger partial charge in [-0.25, -0.2) is 0 Å². The van der Waals surface area contributed by atoms with E-state index >= 15 is 0 Å². The SMILES string of the molecule is [SeH]c1ccc(-c2cccs2)s1. The van der Waals surface area contributed by atoms with E-state index in [-0.39, 0.29) is 0 Å². The van der Waals surface area contributed by atoms with Crippen molar-refractivity contribution in [1.82, 2.24) is 0 Å². The molecule has 0 aliphatic heterocycles. The normalized spacial score (nSPS) is 10.3. The van der Waals surface area contributed by atoms with Gasteiger partial charge in [-0.1, -0.05) is 0 Å². The Morgan fingerprint density at radius 1 is 1.09 bits per heavy atom. The van der Waals surface area contributed by atoms with Gasteiger partial charge in [-0.2, -0.15) is 0 Å². The third kappa shape index (κ3) is 1.57. The van der Waals surface area contributed by atoms with E-state index in [0.717, 1.165) is 0 Å². The molecule has 0 bridgehead atoms. The second-order valence-corrected chi connectivity index (χ2v) is 5.82. The Morgan fingerprint density at radius 3 is 2.55 bits per heavy atom. The summed E-state index contributed by atoms with van der Waals surface area (Å²) < 4.78 is 1.32. The summed E-state index contributed by atoms with van der Waals surface area (Å²) in [4.78, 5) is 2.74. The molecule has 0 saturated heterocycles. The van der Waals surface area contributed by atoms with Crippen molar-refractivity contribution >= 4 is 42.5 Å². The van der Waals surface area contributed by atoms with Crippen molar-refractivity contribution in [1.29, 1.82) is 0 Å². The molecule has 56 valence electrons. The van der Waals surface area contributed by atoms with E-state index in [4.69, 9.17) is 0 Å². The Hall–Kier alpha value is -0.0805. The van der Waals surface area contributed by atoms with Crippen molar-refractivity contribution in [3.63, 3.8) is 0 Å². The molecular formula is C8H6S2Se. The van der Waals surface area contributed by atoms with Crippen LogP contribution in [0.3, 0.4) is 0 Å². The van der Waals surface area contributed by atoms with Gasteiger partial charge in [0.15, 0.2) is 0 Å². The molecule has 0 atom stereocenters. The molecule has 2 heterocycles. The number of rotatable bonds is 1. The third-order valence-corrected chi connectivity index (χ3v) is 4.20. The van der Waals surface area contributed by atoms with E-state index in [2.05, 4.69) is 45.7 Å². The van der Waals surface area contributed by atoms with Crippen molar-refractivity contribution in [2.75, 3.05) is 0 Å². The predicted octanol–water partition coefficient (Wildman–Crippen LogP) is 2.00. The maximum absolute atomic E-state index is 2.57. The Bertz CT molecular complexity index is 335. The molecular weight excluding hydrogens is 239 g/mol. The minimum atomic E-state index is 1.32. The van der Waals surface area contributed by atoms with Gasteiger partial charge in [0.05, 0.1) is 0 Å². The molecule has 0 nitrogen and oxygen atoms in total. The minimum absolute atomic E-state index is 1.32. The summed E-state index contributed by atoms with van der Waals surface area (Å²) in [6, 6.07) is 8.55. The summed E-state index contributed by atoms with van der Waals surface area (Å²) in [7, 11) is 0. The summed E-state index contributed by atoms with van der Waals surface area (Å²) >= 11 is 6.19. The molecule has 2 aromatic rings. The average Bonchev–Trinajstić information content (AvgIpc) is 2.55. The van der Waals surface area contributed by atoms with Gasteiger partial charge in [0.1, 0.15) is 0 Å². The zero-order valence-electron chi connectivity index (χ0n) is 5.65. The van der Waals surface area contributed by atoms with E-state index in [9.17, 15) is 0 Å². The summed E-state index contributed by atoms with van der Waals surface area (Å²) in [6.07, 6.45) is 0. The van der Waals surface area contributed by atoms with Crippen LogP contribution in [0.5, 0.6) is 0 Å². The maximum atomic E-state index is 2.57. The first-order valence-electron chi connectivity index (χ1n) is 3.19. The molecule has 0 unspecified atom stereocenters. The van der Waals surface area contributed by atoms with Gasteiger partial charge < -0.3 is 0 Å². The molecule has 0 N–H and O–H groups in total. The Labute approximate surface area is 81.7 Å². The number of thiophene rings is 2. The van der Waals surface area contributed by atoms with E-state index in [1.54, 1.807) is 11.3 Å². The van der Waals surface area contributed by atoms with Crippen LogP contribution in [0.4, 0.5) is 0 Å². The standard InChI is InChI=1S/C8H6S2Se/c11-8-4-3-7(10-8)6-2-1-5-9-6/h1-5,11H. The van der Waals surface area contributed by atoms with Crippen LogP contribution in [0, 0.1) is 0 Å². The van der Waals surface area contributed by atoms with Gasteiger partial charge in [0, 0.05) is 0 Å². The fourth-order valence-corrected chi connectivity index (χ4v) is 3.23. The number of hydrogen-bond acceptors (Lipinski definition) is 2.